The van der Waals surface area contributed by atoms with Crippen molar-refractivity contribution in [2.24, 2.45) is 0 Å². The second-order valence-corrected chi connectivity index (χ2v) is 3.70. The summed E-state index contributed by atoms with van der Waals surface area (Å²) in [5, 5.41) is -0.991. The monoisotopic (exact) mass is 290 g/mol. The van der Waals surface area contributed by atoms with Gasteiger partial charge in [0.1, 0.15) is 0 Å². The second kappa shape index (κ2) is 4.79. The summed E-state index contributed by atoms with van der Waals surface area (Å²) in [5.41, 5.74) is -6.29. The van der Waals surface area contributed by atoms with Crippen molar-refractivity contribution in [3.63, 3.8) is 0 Å². The molecule has 0 aliphatic rings. The van der Waals surface area contributed by atoms with Crippen LogP contribution in [0.5, 0.6) is 0 Å². The molecule has 18 heavy (non-hydrogen) atoms. The molecule has 0 fully saturated rings. The molecular formula is C10H5ClF6O. The van der Waals surface area contributed by atoms with Gasteiger partial charge in [-0.05, 0) is 23.7 Å². The minimum atomic E-state index is -5.77. The Hall–Kier alpha value is -1.24. The first kappa shape index (κ1) is 14.8. The van der Waals surface area contributed by atoms with Crippen LogP contribution in [0.4, 0.5) is 26.3 Å². The van der Waals surface area contributed by atoms with E-state index in [1.54, 1.807) is 0 Å². The molecule has 0 saturated carbocycles. The number of alkyl halides is 6. The van der Waals surface area contributed by atoms with Gasteiger partial charge >= 0.3 is 6.18 Å². The lowest BCUT2D eigenvalue weighted by Gasteiger charge is -2.27. The fourth-order valence-electron chi connectivity index (χ4n) is 1.26. The lowest BCUT2D eigenvalue weighted by molar-refractivity contribution is -0.274. The Balaban J connectivity index is 3.28. The molecule has 1 atom stereocenters. The molecule has 0 amide bonds. The van der Waals surface area contributed by atoms with Gasteiger partial charge in [0.25, 0.3) is 17.3 Å². The molecule has 1 aromatic carbocycles. The van der Waals surface area contributed by atoms with Crippen molar-refractivity contribution in [1.29, 1.82) is 0 Å². The van der Waals surface area contributed by atoms with Gasteiger partial charge in [0, 0.05) is 11.1 Å². The maximum atomic E-state index is 13.5. The summed E-state index contributed by atoms with van der Waals surface area (Å²) < 4.78 is 75.2. The zero-order valence-electron chi connectivity index (χ0n) is 8.44. The number of hydrogen-bond donors (Lipinski definition) is 0. The topological polar surface area (TPSA) is 17.1 Å². The molecule has 1 nitrogen and oxygen atoms in total. The van der Waals surface area contributed by atoms with Gasteiger partial charge in [-0.1, -0.05) is 12.1 Å². The van der Waals surface area contributed by atoms with Crippen molar-refractivity contribution in [1.82, 2.24) is 0 Å². The minimum Gasteiger partial charge on any atom is -0.276 e. The minimum absolute atomic E-state index is 0.223. The molecule has 0 spiro atoms. The zero-order valence-corrected chi connectivity index (χ0v) is 9.20. The molecule has 0 radical (unpaired) electrons. The van der Waals surface area contributed by atoms with E-state index in [9.17, 15) is 31.1 Å². The smallest absolute Gasteiger partial charge is 0.276 e. The molecule has 1 unspecified atom stereocenters. The lowest BCUT2D eigenvalue weighted by Crippen LogP contribution is -2.44. The lowest BCUT2D eigenvalue weighted by atomic mass is 9.94. The molecular weight excluding hydrogens is 286 g/mol. The van der Waals surface area contributed by atoms with Gasteiger partial charge in [0.2, 0.25) is 0 Å². The largest absolute Gasteiger partial charge is 0.432 e. The predicted molar refractivity (Wildman–Crippen MR) is 51.5 cm³/mol. The van der Waals surface area contributed by atoms with E-state index in [0.717, 1.165) is 12.1 Å². The van der Waals surface area contributed by atoms with Crippen molar-refractivity contribution in [3.05, 3.63) is 35.4 Å². The van der Waals surface area contributed by atoms with Gasteiger partial charge in [0.15, 0.2) is 0 Å². The van der Waals surface area contributed by atoms with Gasteiger partial charge in [-0.15, -0.1) is 0 Å². The highest BCUT2D eigenvalue weighted by Crippen LogP contribution is 2.46. The number of carbonyl (C=O) groups is 1. The summed E-state index contributed by atoms with van der Waals surface area (Å²) in [7, 11) is 0. The quantitative estimate of drug-likeness (QED) is 0.606. The Labute approximate surface area is 102 Å². The zero-order chi connectivity index (χ0) is 14.1. The van der Waals surface area contributed by atoms with Gasteiger partial charge in [-0.25, -0.2) is 13.2 Å². The third-order valence-corrected chi connectivity index (χ3v) is 2.46. The van der Waals surface area contributed by atoms with E-state index in [-0.39, 0.29) is 5.56 Å². The first-order valence-corrected chi connectivity index (χ1v) is 4.82. The van der Waals surface area contributed by atoms with Crippen LogP contribution < -0.4 is 0 Å². The van der Waals surface area contributed by atoms with Crippen LogP contribution in [0.2, 0.25) is 0 Å². The van der Waals surface area contributed by atoms with Crippen LogP contribution >= 0.6 is 11.6 Å². The summed E-state index contributed by atoms with van der Waals surface area (Å²) in [6, 6.07) is 2.39. The van der Waals surface area contributed by atoms with E-state index < -0.39 is 29.1 Å². The molecule has 1 rings (SSSR count). The first-order valence-electron chi connectivity index (χ1n) is 4.45. The van der Waals surface area contributed by atoms with E-state index in [2.05, 4.69) is 0 Å². The fraction of sp³-hybridized carbons (Fsp3) is 0.300. The van der Waals surface area contributed by atoms with Gasteiger partial charge in [0.05, 0.1) is 0 Å². The van der Waals surface area contributed by atoms with Crippen molar-refractivity contribution < 1.29 is 31.1 Å². The normalized spacial score (nSPS) is 15.6. The summed E-state index contributed by atoms with van der Waals surface area (Å²) in [6.45, 7) is 0. The van der Waals surface area contributed by atoms with Crippen molar-refractivity contribution in [2.45, 2.75) is 18.3 Å². The molecule has 0 aromatic heterocycles. The van der Waals surface area contributed by atoms with Crippen LogP contribution in [0.25, 0.3) is 0 Å². The standard InChI is InChI=1S/C10H5ClF6O/c11-7(18)5-1-3-6(4-2-5)9(14,8(12)13)10(15,16)17/h1-4,8H. The van der Waals surface area contributed by atoms with Crippen LogP contribution in [-0.2, 0) is 5.67 Å². The number of halogens is 7. The fourth-order valence-corrected chi connectivity index (χ4v) is 1.38. The molecule has 0 aliphatic carbocycles. The average Bonchev–Trinajstić information content (AvgIpc) is 2.26. The third kappa shape index (κ3) is 2.45. The first-order chi connectivity index (χ1) is 8.10. The van der Waals surface area contributed by atoms with Gasteiger partial charge in [-0.3, -0.25) is 4.79 Å². The Bertz CT molecular complexity index is 441. The number of benzene rings is 1. The van der Waals surface area contributed by atoms with E-state index in [1.807, 2.05) is 0 Å². The third-order valence-electron chi connectivity index (χ3n) is 2.25. The highest BCUT2D eigenvalue weighted by Gasteiger charge is 2.63. The van der Waals surface area contributed by atoms with Crippen LogP contribution in [0.3, 0.4) is 0 Å². The molecule has 0 heterocycles. The molecule has 0 N–H and O–H groups in total. The predicted octanol–water partition coefficient (Wildman–Crippen LogP) is 4.06. The molecule has 8 heteroatoms. The number of rotatable bonds is 3. The van der Waals surface area contributed by atoms with Crippen LogP contribution in [0, 0.1) is 0 Å². The van der Waals surface area contributed by atoms with Crippen LogP contribution in [-0.4, -0.2) is 17.8 Å². The van der Waals surface area contributed by atoms with Crippen molar-refractivity contribution >= 4 is 16.8 Å². The SMILES string of the molecule is O=C(Cl)c1ccc(C(F)(C(F)F)C(F)(F)F)cc1. The molecule has 0 bridgehead atoms. The maximum Gasteiger partial charge on any atom is 0.432 e. The second-order valence-electron chi connectivity index (χ2n) is 3.36. The molecule has 1 aromatic rings. The van der Waals surface area contributed by atoms with E-state index in [0.29, 0.717) is 12.1 Å². The summed E-state index contributed by atoms with van der Waals surface area (Å²) in [5.74, 6) is 0. The van der Waals surface area contributed by atoms with E-state index >= 15 is 0 Å². The van der Waals surface area contributed by atoms with Crippen LogP contribution in [0.1, 0.15) is 15.9 Å². The summed E-state index contributed by atoms with van der Waals surface area (Å²) in [6.07, 6.45) is -10.1. The Kier molecular flexibility index (Phi) is 3.95. The summed E-state index contributed by atoms with van der Waals surface area (Å²) >= 11 is 5.02. The van der Waals surface area contributed by atoms with E-state index in [4.69, 9.17) is 11.6 Å². The Morgan fingerprint density at radius 2 is 1.50 bits per heavy atom. The highest BCUT2D eigenvalue weighted by atomic mass is 35.5. The van der Waals surface area contributed by atoms with Gasteiger partial charge in [-0.2, -0.15) is 13.2 Å². The Morgan fingerprint density at radius 1 is 1.06 bits per heavy atom. The molecule has 0 saturated heterocycles. The number of hydrogen-bond acceptors (Lipinski definition) is 1. The summed E-state index contributed by atoms with van der Waals surface area (Å²) in [4.78, 5) is 10.6. The van der Waals surface area contributed by atoms with Crippen molar-refractivity contribution in [3.8, 4) is 0 Å². The average molecular weight is 291 g/mol. The Morgan fingerprint density at radius 3 is 1.78 bits per heavy atom. The highest BCUT2D eigenvalue weighted by molar-refractivity contribution is 6.67. The van der Waals surface area contributed by atoms with Crippen LogP contribution in [0.15, 0.2) is 24.3 Å². The van der Waals surface area contributed by atoms with Gasteiger partial charge < -0.3 is 0 Å². The number of carbonyl (C=O) groups excluding carboxylic acids is 1. The maximum absolute atomic E-state index is 13.5. The molecule has 0 aliphatic heterocycles. The molecule has 100 valence electrons. The van der Waals surface area contributed by atoms with Crippen molar-refractivity contribution in [2.75, 3.05) is 0 Å². The van der Waals surface area contributed by atoms with E-state index in [1.165, 1.54) is 0 Å².